The van der Waals surface area contributed by atoms with Crippen LogP contribution in [-0.2, 0) is 27.5 Å². The standard InChI is InChI=1S/2C19H19ClIN5O.C13H16Cl2N2O.C6H3ClINO.C6H4IN3.H4N2/c1-13-10-14(2-3-16(13)20)24-6-8-25(9-7-24)18(27)12-26-11-15-17(21)4-5-22-19(15)23-26;1-13-10-14(2-3-16(13)20)24-6-8-25(9-7-24)18(27)12-26-19-15(11-23-26)17(21)4-5-22-19;1-10-8-11(2-3-12(10)15)16-4-6-17(7-5-16)13(18)9-14;7-6-4(3-10)5(8)1-2-9-6;7-5-1-2-8-6-4(5)3-9-10-6;1-2/h2*2-5,10-11H,6-9,12H2,1H3;2-3,8H,4-7,9H2,1H3;1-3H;1-3H,(H,8,9,10);1-2H2. The summed E-state index contributed by atoms with van der Waals surface area (Å²) >= 11 is 38.2. The Labute approximate surface area is 623 Å². The molecule has 3 fully saturated rings. The number of amides is 3. The van der Waals surface area contributed by atoms with Gasteiger partial charge >= 0.3 is 0 Å². The van der Waals surface area contributed by atoms with Crippen LogP contribution in [0.25, 0.3) is 33.1 Å². The van der Waals surface area contributed by atoms with Crippen molar-refractivity contribution in [1.82, 2.24) is 64.4 Å². The first kappa shape index (κ1) is 74.2. The Morgan fingerprint density at radius 2 is 0.968 bits per heavy atom. The second-order valence-corrected chi connectivity index (χ2v) is 27.8. The first-order valence-electron chi connectivity index (χ1n) is 29.2. The summed E-state index contributed by atoms with van der Waals surface area (Å²) in [6.07, 6.45) is 13.0. The van der Waals surface area contributed by atoms with Crippen LogP contribution in [0.1, 0.15) is 27.0 Å². The number of hydrogen-bond acceptors (Lipinski definition) is 16. The first-order chi connectivity index (χ1) is 45.3. The number of nitrogens with two attached hydrogens (primary N) is 2. The van der Waals surface area contributed by atoms with Crippen molar-refractivity contribution in [2.45, 2.75) is 33.9 Å². The first-order valence-corrected chi connectivity index (χ1v) is 35.5. The number of carbonyl (C=O) groups excluding carboxylic acids is 4. The molecule has 3 aromatic carbocycles. The molecule has 3 amide bonds. The van der Waals surface area contributed by atoms with Crippen molar-refractivity contribution in [1.29, 1.82) is 0 Å². The lowest BCUT2D eigenvalue weighted by Gasteiger charge is -2.36. The maximum Gasteiger partial charge on any atom is 0.244 e. The van der Waals surface area contributed by atoms with Crippen LogP contribution in [0.15, 0.2) is 122 Å². The smallest absolute Gasteiger partial charge is 0.244 e. The molecule has 0 aliphatic carbocycles. The zero-order valence-electron chi connectivity index (χ0n) is 51.1. The molecule has 0 unspecified atom stereocenters. The SMILES string of the molecule is Cc1cc(N2CCN(C(=O)CCl)CC2)ccc1Cl.Cc1cc(N2CCN(C(=O)Cn3cc4c(I)ccnc4n3)CC2)ccc1Cl.Cc1cc(N2CCN(C(=O)Cn3ncc4c(I)ccnc43)CC2)ccc1Cl.Ic1ccnc2[nH]ncc12.NN.O=Cc1c(I)ccnc1Cl. The van der Waals surface area contributed by atoms with E-state index in [1.165, 1.54) is 3.57 Å². The predicted octanol–water partition coefficient (Wildman–Crippen LogP) is 11.8. The number of nitrogens with one attached hydrogen (secondary N) is 1. The number of aldehydes is 1. The number of hydrazine groups is 1. The Morgan fingerprint density at radius 3 is 1.41 bits per heavy atom. The number of rotatable bonds is 9. The highest BCUT2D eigenvalue weighted by Gasteiger charge is 2.25. The number of fused-ring (bicyclic) bond motifs is 3. The van der Waals surface area contributed by atoms with E-state index in [0.29, 0.717) is 43.7 Å². The number of pyridine rings is 4. The van der Waals surface area contributed by atoms with Gasteiger partial charge < -0.3 is 29.4 Å². The van der Waals surface area contributed by atoms with E-state index in [1.54, 1.807) is 52.6 Å². The largest absolute Gasteiger partial charge is 0.368 e. The molecule has 3 saturated heterocycles. The average molecular weight is 1820 g/mol. The normalized spacial score (nSPS) is 13.7. The molecule has 5 N–H and O–H groups in total. The molecule has 31 heteroatoms. The zero-order valence-corrected chi connectivity index (χ0v) is 63.5. The number of aromatic amines is 1. The van der Waals surface area contributed by atoms with Crippen molar-refractivity contribution in [3.8, 4) is 0 Å². The summed E-state index contributed by atoms with van der Waals surface area (Å²) in [5.74, 6) is 8.25. The summed E-state index contributed by atoms with van der Waals surface area (Å²) in [5.41, 5.74) is 9.44. The molecule has 3 aliphatic heterocycles. The minimum atomic E-state index is 0.0172. The predicted molar refractivity (Wildman–Crippen MR) is 408 cm³/mol. The van der Waals surface area contributed by atoms with Gasteiger partial charge in [0.2, 0.25) is 17.7 Å². The van der Waals surface area contributed by atoms with Gasteiger partial charge in [-0.15, -0.1) is 11.6 Å². The van der Waals surface area contributed by atoms with Gasteiger partial charge in [-0.2, -0.15) is 15.3 Å². The molecule has 94 heavy (non-hydrogen) atoms. The number of anilines is 3. The highest BCUT2D eigenvalue weighted by atomic mass is 127. The molecule has 22 nitrogen and oxygen atoms in total. The number of carbonyl (C=O) groups is 4. The molecule has 0 saturated carbocycles. The van der Waals surface area contributed by atoms with Gasteiger partial charge in [-0.1, -0.05) is 46.4 Å². The monoisotopic (exact) mass is 1820 g/mol. The van der Waals surface area contributed by atoms with Crippen LogP contribution < -0.4 is 26.4 Å². The molecule has 0 radical (unpaired) electrons. The fourth-order valence-electron chi connectivity index (χ4n) is 10.1. The maximum absolute atomic E-state index is 12.7. The zero-order chi connectivity index (χ0) is 67.6. The fraction of sp³-hybridized carbons (Fsp3) is 0.286. The summed E-state index contributed by atoms with van der Waals surface area (Å²) in [4.78, 5) is 76.1. The van der Waals surface area contributed by atoms with Gasteiger partial charge in [0.15, 0.2) is 23.2 Å². The van der Waals surface area contributed by atoms with E-state index < -0.39 is 0 Å². The molecule has 10 heterocycles. The Balaban J connectivity index is 0.000000158. The minimum absolute atomic E-state index is 0.0172. The molecule has 0 spiro atoms. The number of H-pyrrole nitrogens is 1. The van der Waals surface area contributed by atoms with Crippen molar-refractivity contribution >= 4 is 223 Å². The van der Waals surface area contributed by atoms with Crippen molar-refractivity contribution in [2.24, 2.45) is 11.7 Å². The average Bonchev–Trinajstić information content (AvgIpc) is 1.68. The van der Waals surface area contributed by atoms with Gasteiger partial charge in [0.25, 0.3) is 0 Å². The topological polar surface area (TPSA) is 256 Å². The number of benzene rings is 3. The molecule has 10 aromatic rings. The van der Waals surface area contributed by atoms with Gasteiger partial charge in [-0.3, -0.25) is 40.6 Å². The molecule has 494 valence electrons. The molecular formula is C63H65Cl5I4N18O4. The van der Waals surface area contributed by atoms with Crippen LogP contribution in [-0.4, -0.2) is 173 Å². The number of hydrogen-bond donors (Lipinski definition) is 3. The Bertz CT molecular complexity index is 4200. The lowest BCUT2D eigenvalue weighted by Crippen LogP contribution is -2.49. The van der Waals surface area contributed by atoms with Crippen molar-refractivity contribution in [3.63, 3.8) is 0 Å². The van der Waals surface area contributed by atoms with Gasteiger partial charge in [-0.25, -0.2) is 24.6 Å². The van der Waals surface area contributed by atoms with Crippen molar-refractivity contribution < 1.29 is 19.2 Å². The molecular weight excluding hydrogens is 1760 g/mol. The number of halogens is 9. The quantitative estimate of drug-likeness (QED) is 0.0303. The van der Waals surface area contributed by atoms with Gasteiger partial charge in [-0.05, 0) is 207 Å². The lowest BCUT2D eigenvalue weighted by atomic mass is 10.2. The van der Waals surface area contributed by atoms with Crippen LogP contribution in [0.4, 0.5) is 17.1 Å². The maximum atomic E-state index is 12.7. The van der Waals surface area contributed by atoms with Crippen LogP contribution >= 0.6 is 148 Å². The van der Waals surface area contributed by atoms with E-state index in [4.69, 9.17) is 58.0 Å². The Kier molecular flexibility index (Phi) is 28.5. The second-order valence-electron chi connectivity index (χ2n) is 21.3. The Hall–Kier alpha value is -5.56. The summed E-state index contributed by atoms with van der Waals surface area (Å²) in [5, 5.41) is 21.1. The van der Waals surface area contributed by atoms with Gasteiger partial charge in [0, 0.05) is 156 Å². The van der Waals surface area contributed by atoms with E-state index in [1.807, 2.05) is 119 Å². The Morgan fingerprint density at radius 1 is 0.532 bits per heavy atom. The number of aromatic nitrogens is 10. The van der Waals surface area contributed by atoms with E-state index in [-0.39, 0.29) is 41.8 Å². The summed E-state index contributed by atoms with van der Waals surface area (Å²) in [6, 6.07) is 25.7. The highest BCUT2D eigenvalue weighted by molar-refractivity contribution is 14.1. The number of piperazine rings is 3. The van der Waals surface area contributed by atoms with Crippen LogP contribution in [0.3, 0.4) is 0 Å². The molecule has 3 aliphatic rings. The lowest BCUT2D eigenvalue weighted by molar-refractivity contribution is -0.133. The number of nitrogens with zero attached hydrogens (tertiary/aromatic N) is 15. The second kappa shape index (κ2) is 36.1. The van der Waals surface area contributed by atoms with Gasteiger partial charge in [0.05, 0.1) is 34.1 Å². The van der Waals surface area contributed by atoms with Crippen LogP contribution in [0.2, 0.25) is 20.2 Å². The van der Waals surface area contributed by atoms with Crippen LogP contribution in [0, 0.1) is 35.1 Å². The minimum Gasteiger partial charge on any atom is -0.368 e. The number of aryl methyl sites for hydroxylation is 3. The summed E-state index contributed by atoms with van der Waals surface area (Å²) in [6.45, 7) is 15.7. The third kappa shape index (κ3) is 19.8. The number of alkyl halides is 1. The summed E-state index contributed by atoms with van der Waals surface area (Å²) in [7, 11) is 0. The molecule has 0 atom stereocenters. The molecule has 13 rings (SSSR count). The van der Waals surface area contributed by atoms with Crippen molar-refractivity contribution in [2.75, 3.05) is 99.1 Å². The third-order valence-electron chi connectivity index (χ3n) is 15.3. The van der Waals surface area contributed by atoms with E-state index >= 15 is 0 Å². The molecule has 0 bridgehead atoms. The van der Waals surface area contributed by atoms with Crippen LogP contribution in [0.5, 0.6) is 0 Å². The third-order valence-corrected chi connectivity index (χ3v) is 20.9. The van der Waals surface area contributed by atoms with E-state index in [9.17, 15) is 19.2 Å². The van der Waals surface area contributed by atoms with Crippen molar-refractivity contribution in [3.05, 3.63) is 179 Å². The van der Waals surface area contributed by atoms with Gasteiger partial charge in [0.1, 0.15) is 24.1 Å². The fourth-order valence-corrected chi connectivity index (χ4v) is 13.2. The summed E-state index contributed by atoms with van der Waals surface area (Å²) < 4.78 is 7.56. The van der Waals surface area contributed by atoms with E-state index in [0.717, 1.165) is 139 Å². The molecule has 7 aromatic heterocycles. The van der Waals surface area contributed by atoms with E-state index in [2.05, 4.69) is 153 Å². The highest BCUT2D eigenvalue weighted by Crippen LogP contribution is 2.28.